The maximum atomic E-state index is 5.58. The van der Waals surface area contributed by atoms with Gasteiger partial charge in [0.2, 0.25) is 0 Å². The fourth-order valence-corrected chi connectivity index (χ4v) is 2.40. The number of para-hydroxylation sites is 1. The zero-order valence-corrected chi connectivity index (χ0v) is 10.9. The molecule has 4 heteroatoms. The Balaban J connectivity index is 2.18. The fourth-order valence-electron chi connectivity index (χ4n) is 2.40. The van der Waals surface area contributed by atoms with Crippen LogP contribution in [0.1, 0.15) is 11.4 Å². The normalized spacial score (nSPS) is 11.1. The topological polar surface area (TPSA) is 67.6 Å². The molecule has 0 fully saturated rings. The number of rotatable bonds is 3. The predicted molar refractivity (Wildman–Crippen MR) is 76.8 cm³/mol. The quantitative estimate of drug-likeness (QED) is 0.752. The fraction of sp³-hybridized carbons (Fsp3) is 0.200. The van der Waals surface area contributed by atoms with Crippen molar-refractivity contribution in [2.45, 2.75) is 13.3 Å². The number of benzene rings is 1. The molecule has 0 unspecified atom stereocenters. The van der Waals surface area contributed by atoms with E-state index in [1.54, 1.807) is 6.20 Å². The Kier molecular flexibility index (Phi) is 3.01. The lowest BCUT2D eigenvalue weighted by Crippen LogP contribution is -2.05. The summed E-state index contributed by atoms with van der Waals surface area (Å²) in [7, 11) is 0. The third kappa shape index (κ3) is 2.11. The van der Waals surface area contributed by atoms with Crippen LogP contribution in [-0.2, 0) is 6.42 Å². The van der Waals surface area contributed by atoms with Crippen molar-refractivity contribution >= 4 is 10.9 Å². The Morgan fingerprint density at radius 2 is 2.05 bits per heavy atom. The van der Waals surface area contributed by atoms with Crippen LogP contribution in [-0.4, -0.2) is 21.5 Å². The number of nitrogens with one attached hydrogen (secondary N) is 1. The molecule has 2 heterocycles. The molecule has 0 amide bonds. The van der Waals surface area contributed by atoms with Gasteiger partial charge in [0.05, 0.1) is 17.6 Å². The van der Waals surface area contributed by atoms with Crippen LogP contribution in [0.2, 0.25) is 0 Å². The summed E-state index contributed by atoms with van der Waals surface area (Å²) in [6, 6.07) is 8.24. The number of hydrogen-bond donors (Lipinski definition) is 2. The first-order valence-electron chi connectivity index (χ1n) is 6.38. The molecule has 0 aliphatic carbocycles. The van der Waals surface area contributed by atoms with Crippen LogP contribution >= 0.6 is 0 Å². The second-order valence-corrected chi connectivity index (χ2v) is 4.60. The van der Waals surface area contributed by atoms with Gasteiger partial charge in [0.15, 0.2) is 0 Å². The van der Waals surface area contributed by atoms with E-state index in [0.29, 0.717) is 6.54 Å². The van der Waals surface area contributed by atoms with E-state index in [0.717, 1.165) is 34.6 Å². The number of nitrogens with two attached hydrogens (primary N) is 1. The van der Waals surface area contributed by atoms with Gasteiger partial charge >= 0.3 is 0 Å². The number of aromatic nitrogens is 3. The Morgan fingerprint density at radius 3 is 2.89 bits per heavy atom. The lowest BCUT2D eigenvalue weighted by Gasteiger charge is -2.03. The van der Waals surface area contributed by atoms with Gasteiger partial charge in [-0.25, -0.2) is 4.98 Å². The van der Waals surface area contributed by atoms with Crippen LogP contribution < -0.4 is 5.73 Å². The van der Waals surface area contributed by atoms with Gasteiger partial charge in [-0.05, 0) is 19.5 Å². The molecule has 3 rings (SSSR count). The molecule has 1 aromatic carbocycles. The van der Waals surface area contributed by atoms with Crippen molar-refractivity contribution in [2.24, 2.45) is 5.73 Å². The molecular formula is C15H16N4. The molecule has 3 N–H and O–H groups in total. The average Bonchev–Trinajstić information content (AvgIpc) is 2.75. The van der Waals surface area contributed by atoms with Crippen molar-refractivity contribution in [1.82, 2.24) is 15.0 Å². The minimum Gasteiger partial charge on any atom is -0.358 e. The van der Waals surface area contributed by atoms with Crippen LogP contribution in [0.4, 0.5) is 0 Å². The number of H-pyrrole nitrogens is 1. The maximum absolute atomic E-state index is 5.58. The highest BCUT2D eigenvalue weighted by Gasteiger charge is 2.11. The van der Waals surface area contributed by atoms with E-state index < -0.39 is 0 Å². The highest BCUT2D eigenvalue weighted by atomic mass is 14.8. The standard InChI is InChI=1S/C15H16N4/c1-10-15(12-4-2-3-5-13(12)18-10)14-9-17-8-11(19-14)6-7-16/h2-5,8-9,18H,6-7,16H2,1H3. The lowest BCUT2D eigenvalue weighted by atomic mass is 10.1. The molecular weight excluding hydrogens is 236 g/mol. The second-order valence-electron chi connectivity index (χ2n) is 4.60. The molecule has 0 saturated carbocycles. The summed E-state index contributed by atoms with van der Waals surface area (Å²) in [5, 5.41) is 1.18. The molecule has 0 bridgehead atoms. The maximum Gasteiger partial charge on any atom is 0.0912 e. The third-order valence-electron chi connectivity index (χ3n) is 3.23. The Labute approximate surface area is 111 Å². The van der Waals surface area contributed by atoms with Gasteiger partial charge in [-0.3, -0.25) is 4.98 Å². The average molecular weight is 252 g/mol. The zero-order valence-electron chi connectivity index (χ0n) is 10.9. The lowest BCUT2D eigenvalue weighted by molar-refractivity contribution is 0.910. The Morgan fingerprint density at radius 1 is 1.21 bits per heavy atom. The number of nitrogens with zero attached hydrogens (tertiary/aromatic N) is 2. The molecule has 19 heavy (non-hydrogen) atoms. The van der Waals surface area contributed by atoms with E-state index in [1.165, 1.54) is 5.39 Å². The van der Waals surface area contributed by atoms with E-state index >= 15 is 0 Å². The zero-order chi connectivity index (χ0) is 13.2. The molecule has 4 nitrogen and oxygen atoms in total. The van der Waals surface area contributed by atoms with Gasteiger partial charge in [0.25, 0.3) is 0 Å². The van der Waals surface area contributed by atoms with Crippen LogP contribution in [0, 0.1) is 6.92 Å². The molecule has 0 aliphatic rings. The largest absolute Gasteiger partial charge is 0.358 e. The van der Waals surface area contributed by atoms with E-state index in [2.05, 4.69) is 34.0 Å². The van der Waals surface area contributed by atoms with Crippen molar-refractivity contribution in [1.29, 1.82) is 0 Å². The third-order valence-corrected chi connectivity index (χ3v) is 3.23. The van der Waals surface area contributed by atoms with Gasteiger partial charge in [0.1, 0.15) is 0 Å². The summed E-state index contributed by atoms with van der Waals surface area (Å²) in [6.45, 7) is 2.65. The van der Waals surface area contributed by atoms with E-state index in [4.69, 9.17) is 5.73 Å². The summed E-state index contributed by atoms with van der Waals surface area (Å²) in [5.41, 5.74) is 10.8. The molecule has 0 atom stereocenters. The molecule has 3 aromatic rings. The van der Waals surface area contributed by atoms with Crippen LogP contribution in [0.15, 0.2) is 36.7 Å². The number of aromatic amines is 1. The summed E-state index contributed by atoms with van der Waals surface area (Å²) < 4.78 is 0. The van der Waals surface area contributed by atoms with E-state index in [9.17, 15) is 0 Å². The SMILES string of the molecule is Cc1[nH]c2ccccc2c1-c1cncc(CCN)n1. The van der Waals surface area contributed by atoms with Crippen molar-refractivity contribution < 1.29 is 0 Å². The molecule has 0 radical (unpaired) electrons. The molecule has 2 aromatic heterocycles. The molecule has 0 spiro atoms. The minimum absolute atomic E-state index is 0.588. The first-order valence-corrected chi connectivity index (χ1v) is 6.38. The Bertz CT molecular complexity index is 715. The van der Waals surface area contributed by atoms with Gasteiger partial charge < -0.3 is 10.7 Å². The second kappa shape index (κ2) is 4.82. The first-order chi connectivity index (χ1) is 9.29. The van der Waals surface area contributed by atoms with Gasteiger partial charge in [-0.15, -0.1) is 0 Å². The van der Waals surface area contributed by atoms with Gasteiger partial charge in [-0.1, -0.05) is 18.2 Å². The molecule has 96 valence electrons. The first kappa shape index (κ1) is 11.9. The van der Waals surface area contributed by atoms with Crippen molar-refractivity contribution in [3.05, 3.63) is 48.0 Å². The number of fused-ring (bicyclic) bond motifs is 1. The van der Waals surface area contributed by atoms with Crippen molar-refractivity contribution in [3.63, 3.8) is 0 Å². The summed E-state index contributed by atoms with van der Waals surface area (Å²) in [6.07, 6.45) is 4.34. The predicted octanol–water partition coefficient (Wildman–Crippen LogP) is 2.43. The van der Waals surface area contributed by atoms with Crippen molar-refractivity contribution in [2.75, 3.05) is 6.54 Å². The van der Waals surface area contributed by atoms with Crippen LogP contribution in [0.5, 0.6) is 0 Å². The van der Waals surface area contributed by atoms with Crippen molar-refractivity contribution in [3.8, 4) is 11.3 Å². The summed E-state index contributed by atoms with van der Waals surface area (Å²) in [4.78, 5) is 12.3. The van der Waals surface area contributed by atoms with E-state index in [-0.39, 0.29) is 0 Å². The van der Waals surface area contributed by atoms with Gasteiger partial charge in [-0.2, -0.15) is 0 Å². The van der Waals surface area contributed by atoms with Crippen LogP contribution in [0.25, 0.3) is 22.2 Å². The number of hydrogen-bond acceptors (Lipinski definition) is 3. The monoisotopic (exact) mass is 252 g/mol. The number of aryl methyl sites for hydroxylation is 1. The molecule has 0 saturated heterocycles. The van der Waals surface area contributed by atoms with Crippen LogP contribution in [0.3, 0.4) is 0 Å². The summed E-state index contributed by atoms with van der Waals surface area (Å²) in [5.74, 6) is 0. The highest BCUT2D eigenvalue weighted by molar-refractivity contribution is 5.96. The Hall–Kier alpha value is -2.20. The smallest absolute Gasteiger partial charge is 0.0912 e. The minimum atomic E-state index is 0.588. The summed E-state index contributed by atoms with van der Waals surface area (Å²) >= 11 is 0. The van der Waals surface area contributed by atoms with E-state index in [1.807, 2.05) is 18.3 Å². The highest BCUT2D eigenvalue weighted by Crippen LogP contribution is 2.30. The molecule has 0 aliphatic heterocycles. The van der Waals surface area contributed by atoms with Gasteiger partial charge in [0, 0.05) is 34.8 Å².